The first-order valence-electron chi connectivity index (χ1n) is 12.6. The Kier molecular flexibility index (Phi) is 6.02. The van der Waals surface area contributed by atoms with Crippen LogP contribution in [0.3, 0.4) is 0 Å². The maximum atomic E-state index is 13.3. The van der Waals surface area contributed by atoms with Crippen molar-refractivity contribution in [2.45, 2.75) is 13.8 Å². The number of nitrogens with zero attached hydrogens (tertiary/aromatic N) is 3. The van der Waals surface area contributed by atoms with Gasteiger partial charge in [0, 0.05) is 33.3 Å². The number of carbonyl (C=O) groups excluding carboxylic acids is 1. The number of hydrogen-bond acceptors (Lipinski definition) is 3. The monoisotopic (exact) mass is 494 g/mol. The van der Waals surface area contributed by atoms with Crippen molar-refractivity contribution in [1.82, 2.24) is 15.0 Å². The third kappa shape index (κ3) is 4.24. The number of hydrazone groups is 1. The zero-order valence-corrected chi connectivity index (χ0v) is 21.2. The molecular formula is C33H26N4O. The van der Waals surface area contributed by atoms with E-state index in [2.05, 4.69) is 77.5 Å². The maximum absolute atomic E-state index is 13.3. The van der Waals surface area contributed by atoms with E-state index in [1.54, 1.807) is 6.21 Å². The number of para-hydroxylation sites is 1. The number of carbonyl (C=O) groups is 1. The van der Waals surface area contributed by atoms with E-state index in [0.29, 0.717) is 5.56 Å². The summed E-state index contributed by atoms with van der Waals surface area (Å²) < 4.78 is 2.23. The number of benzene rings is 4. The van der Waals surface area contributed by atoms with Crippen LogP contribution in [0.25, 0.3) is 38.6 Å². The zero-order valence-electron chi connectivity index (χ0n) is 21.2. The number of fused-ring (bicyclic) bond motifs is 2. The van der Waals surface area contributed by atoms with Gasteiger partial charge in [-0.1, -0.05) is 84.9 Å². The van der Waals surface area contributed by atoms with Gasteiger partial charge in [0.2, 0.25) is 0 Å². The smallest absolute Gasteiger partial charge is 0.272 e. The molecule has 0 saturated heterocycles. The summed E-state index contributed by atoms with van der Waals surface area (Å²) in [6.07, 6.45) is 1.71. The first kappa shape index (κ1) is 23.4. The van der Waals surface area contributed by atoms with Gasteiger partial charge < -0.3 is 4.57 Å². The van der Waals surface area contributed by atoms with Crippen molar-refractivity contribution in [2.75, 3.05) is 0 Å². The minimum Gasteiger partial charge on any atom is -0.317 e. The van der Waals surface area contributed by atoms with Gasteiger partial charge in [0.05, 0.1) is 28.7 Å². The fraction of sp³-hybridized carbons (Fsp3) is 0.0606. The third-order valence-corrected chi connectivity index (χ3v) is 6.88. The standard InChI is InChI=1S/C33H26N4O/c1-22-19-26(23(2)37(22)32-18-10-14-24-11-6-7-15-27(24)32)21-34-36-33(38)29-20-31(25-12-4-3-5-13-25)35-30-17-9-8-16-28(29)30/h3-21H,1-2H3,(H,36,38)/b34-21+. The second-order valence-corrected chi connectivity index (χ2v) is 9.30. The maximum Gasteiger partial charge on any atom is 0.272 e. The first-order chi connectivity index (χ1) is 18.6. The molecule has 5 nitrogen and oxygen atoms in total. The van der Waals surface area contributed by atoms with Gasteiger partial charge in [-0.05, 0) is 43.5 Å². The lowest BCUT2D eigenvalue weighted by Gasteiger charge is -2.13. The van der Waals surface area contributed by atoms with E-state index >= 15 is 0 Å². The Morgan fingerprint density at radius 1 is 0.816 bits per heavy atom. The second-order valence-electron chi connectivity index (χ2n) is 9.30. The SMILES string of the molecule is Cc1cc(/C=N/NC(=O)c2cc(-c3ccccc3)nc3ccccc23)c(C)n1-c1cccc2ccccc12. The Morgan fingerprint density at radius 2 is 1.53 bits per heavy atom. The quantitative estimate of drug-likeness (QED) is 0.203. The van der Waals surface area contributed by atoms with Gasteiger partial charge in [-0.25, -0.2) is 10.4 Å². The molecule has 6 rings (SSSR count). The molecule has 0 aliphatic rings. The molecule has 0 bridgehead atoms. The highest BCUT2D eigenvalue weighted by Crippen LogP contribution is 2.27. The summed E-state index contributed by atoms with van der Waals surface area (Å²) in [5, 5.41) is 7.51. The van der Waals surface area contributed by atoms with Gasteiger partial charge in [0.15, 0.2) is 0 Å². The Balaban J connectivity index is 1.31. The van der Waals surface area contributed by atoms with Crippen molar-refractivity contribution in [3.63, 3.8) is 0 Å². The van der Waals surface area contributed by atoms with E-state index in [9.17, 15) is 4.79 Å². The highest BCUT2D eigenvalue weighted by Gasteiger charge is 2.15. The molecule has 5 heteroatoms. The lowest BCUT2D eigenvalue weighted by atomic mass is 10.0. The van der Waals surface area contributed by atoms with Crippen molar-refractivity contribution < 1.29 is 4.79 Å². The van der Waals surface area contributed by atoms with Crippen LogP contribution in [-0.4, -0.2) is 21.7 Å². The molecule has 2 aromatic heterocycles. The van der Waals surface area contributed by atoms with E-state index in [-0.39, 0.29) is 5.91 Å². The predicted molar refractivity (Wildman–Crippen MR) is 155 cm³/mol. The van der Waals surface area contributed by atoms with E-state index in [1.807, 2.05) is 60.7 Å². The molecule has 1 N–H and O–H groups in total. The van der Waals surface area contributed by atoms with Crippen LogP contribution < -0.4 is 5.43 Å². The highest BCUT2D eigenvalue weighted by molar-refractivity contribution is 6.07. The number of amides is 1. The molecule has 0 unspecified atom stereocenters. The van der Waals surface area contributed by atoms with Crippen molar-refractivity contribution in [3.05, 3.63) is 132 Å². The fourth-order valence-corrected chi connectivity index (χ4v) is 5.03. The fourth-order valence-electron chi connectivity index (χ4n) is 5.03. The van der Waals surface area contributed by atoms with E-state index in [0.717, 1.165) is 44.8 Å². The van der Waals surface area contributed by atoms with Gasteiger partial charge in [-0.15, -0.1) is 0 Å². The summed E-state index contributed by atoms with van der Waals surface area (Å²) in [6.45, 7) is 4.15. The van der Waals surface area contributed by atoms with Crippen LogP contribution in [0.1, 0.15) is 27.3 Å². The second kappa shape index (κ2) is 9.79. The van der Waals surface area contributed by atoms with Gasteiger partial charge in [-0.3, -0.25) is 4.79 Å². The molecule has 0 fully saturated rings. The average molecular weight is 495 g/mol. The van der Waals surface area contributed by atoms with E-state index in [1.165, 1.54) is 10.8 Å². The number of aryl methyl sites for hydroxylation is 1. The topological polar surface area (TPSA) is 59.3 Å². The van der Waals surface area contributed by atoms with Crippen LogP contribution in [0.2, 0.25) is 0 Å². The largest absolute Gasteiger partial charge is 0.317 e. The summed E-state index contributed by atoms with van der Waals surface area (Å²) in [7, 11) is 0. The lowest BCUT2D eigenvalue weighted by Crippen LogP contribution is -2.18. The van der Waals surface area contributed by atoms with Crippen LogP contribution in [0.5, 0.6) is 0 Å². The van der Waals surface area contributed by atoms with Crippen molar-refractivity contribution in [1.29, 1.82) is 0 Å². The molecule has 0 spiro atoms. The van der Waals surface area contributed by atoms with E-state index in [4.69, 9.17) is 4.98 Å². The number of rotatable bonds is 5. The summed E-state index contributed by atoms with van der Waals surface area (Å²) in [6, 6.07) is 36.1. The van der Waals surface area contributed by atoms with E-state index < -0.39 is 0 Å². The molecule has 2 heterocycles. The third-order valence-electron chi connectivity index (χ3n) is 6.88. The van der Waals surface area contributed by atoms with Crippen LogP contribution in [0, 0.1) is 13.8 Å². The minimum atomic E-state index is -0.278. The molecule has 0 saturated carbocycles. The molecule has 4 aromatic carbocycles. The number of hydrogen-bond donors (Lipinski definition) is 1. The van der Waals surface area contributed by atoms with Gasteiger partial charge in [0.25, 0.3) is 5.91 Å². The number of aromatic nitrogens is 2. The van der Waals surface area contributed by atoms with Crippen LogP contribution >= 0.6 is 0 Å². The number of pyridine rings is 1. The van der Waals surface area contributed by atoms with Crippen molar-refractivity contribution in [2.24, 2.45) is 5.10 Å². The van der Waals surface area contributed by atoms with Crippen LogP contribution in [0.4, 0.5) is 0 Å². The summed E-state index contributed by atoms with van der Waals surface area (Å²) in [5.74, 6) is -0.278. The number of nitrogens with one attached hydrogen (secondary N) is 1. The Bertz CT molecular complexity index is 1830. The molecule has 0 aliphatic heterocycles. The highest BCUT2D eigenvalue weighted by atomic mass is 16.2. The Labute approximate surface area is 221 Å². The van der Waals surface area contributed by atoms with Crippen LogP contribution in [0.15, 0.2) is 114 Å². The lowest BCUT2D eigenvalue weighted by molar-refractivity contribution is 0.0956. The predicted octanol–water partition coefficient (Wildman–Crippen LogP) is 7.23. The van der Waals surface area contributed by atoms with Gasteiger partial charge >= 0.3 is 0 Å². The molecular weight excluding hydrogens is 468 g/mol. The molecule has 184 valence electrons. The zero-order chi connectivity index (χ0) is 26.1. The Hall–Kier alpha value is -5.03. The summed E-state index contributed by atoms with van der Waals surface area (Å²) >= 11 is 0. The minimum absolute atomic E-state index is 0.278. The normalized spacial score (nSPS) is 11.4. The summed E-state index contributed by atoms with van der Waals surface area (Å²) in [4.78, 5) is 18.1. The molecule has 0 atom stereocenters. The molecule has 38 heavy (non-hydrogen) atoms. The molecule has 0 radical (unpaired) electrons. The van der Waals surface area contributed by atoms with Gasteiger partial charge in [-0.2, -0.15) is 5.10 Å². The molecule has 0 aliphatic carbocycles. The average Bonchev–Trinajstić information content (AvgIpc) is 3.24. The first-order valence-corrected chi connectivity index (χ1v) is 12.6. The molecule has 1 amide bonds. The van der Waals surface area contributed by atoms with Crippen molar-refractivity contribution in [3.8, 4) is 16.9 Å². The van der Waals surface area contributed by atoms with Crippen molar-refractivity contribution >= 4 is 33.8 Å². The van der Waals surface area contributed by atoms with Crippen LogP contribution in [-0.2, 0) is 0 Å². The summed E-state index contributed by atoms with van der Waals surface area (Å²) in [5.41, 5.74) is 9.96. The van der Waals surface area contributed by atoms with Gasteiger partial charge in [0.1, 0.15) is 0 Å². The molecule has 6 aromatic rings. The Morgan fingerprint density at radius 3 is 2.37 bits per heavy atom.